The Balaban J connectivity index is 3.32. The molecule has 0 aromatic carbocycles. The summed E-state index contributed by atoms with van der Waals surface area (Å²) < 4.78 is 5.51. The number of amides is 1. The van der Waals surface area contributed by atoms with Crippen molar-refractivity contribution in [3.63, 3.8) is 0 Å². The average Bonchev–Trinajstić information content (AvgIpc) is 3.43. The molecule has 0 aromatic rings. The zero-order chi connectivity index (χ0) is 55.7. The summed E-state index contributed by atoms with van der Waals surface area (Å²) in [7, 11) is 0. The Hall–Kier alpha value is -1.66. The molecular weight excluding hydrogens is 947 g/mol. The lowest BCUT2D eigenvalue weighted by atomic mass is 10.0. The van der Waals surface area contributed by atoms with E-state index in [0.29, 0.717) is 19.4 Å². The molecule has 3 N–H and O–H groups in total. The van der Waals surface area contributed by atoms with E-state index in [1.54, 1.807) is 6.08 Å². The summed E-state index contributed by atoms with van der Waals surface area (Å²) in [6.45, 7) is 4.92. The van der Waals surface area contributed by atoms with Gasteiger partial charge in [-0.3, -0.25) is 9.59 Å². The number of aliphatic hydroxyl groups excluding tert-OH is 2. The molecule has 0 aromatic heterocycles. The average molecular weight is 1080 g/mol. The molecule has 0 aliphatic carbocycles. The molecule has 0 saturated carbocycles. The van der Waals surface area contributed by atoms with Crippen LogP contribution in [0, 0.1) is 0 Å². The van der Waals surface area contributed by atoms with Gasteiger partial charge in [0.2, 0.25) is 5.91 Å². The highest BCUT2D eigenvalue weighted by molar-refractivity contribution is 5.76. The van der Waals surface area contributed by atoms with Crippen molar-refractivity contribution in [3.8, 4) is 0 Å². The highest BCUT2D eigenvalue weighted by atomic mass is 16.5. The largest absolute Gasteiger partial charge is 0.466 e. The zero-order valence-corrected chi connectivity index (χ0v) is 52.2. The summed E-state index contributed by atoms with van der Waals surface area (Å²) in [4.78, 5) is 24.5. The van der Waals surface area contributed by atoms with Crippen LogP contribution in [0.2, 0.25) is 0 Å². The first-order chi connectivity index (χ1) is 38.0. The summed E-state index contributed by atoms with van der Waals surface area (Å²) in [6.07, 6.45) is 84.2. The third kappa shape index (κ3) is 63.4. The van der Waals surface area contributed by atoms with Gasteiger partial charge in [0, 0.05) is 12.8 Å². The molecule has 0 spiro atoms. The van der Waals surface area contributed by atoms with Gasteiger partial charge in [-0.1, -0.05) is 346 Å². The van der Waals surface area contributed by atoms with Crippen LogP contribution in [0.25, 0.3) is 0 Å². The molecule has 456 valence electrons. The van der Waals surface area contributed by atoms with Gasteiger partial charge in [-0.15, -0.1) is 0 Å². The Morgan fingerprint density at radius 1 is 0.351 bits per heavy atom. The second kappa shape index (κ2) is 66.8. The van der Waals surface area contributed by atoms with E-state index >= 15 is 0 Å². The molecule has 6 heteroatoms. The second-order valence-electron chi connectivity index (χ2n) is 24.2. The summed E-state index contributed by atoms with van der Waals surface area (Å²) in [5.74, 6) is -0.0429. The highest BCUT2D eigenvalue weighted by Crippen LogP contribution is 2.19. The Kier molecular flexibility index (Phi) is 65.4. The number of rotatable bonds is 66. The lowest BCUT2D eigenvalue weighted by Crippen LogP contribution is -2.45. The number of carbonyl (C=O) groups excluding carboxylic acids is 2. The number of hydrogen-bond acceptors (Lipinski definition) is 5. The molecule has 6 nitrogen and oxygen atoms in total. The van der Waals surface area contributed by atoms with E-state index in [0.717, 1.165) is 38.5 Å². The minimum absolute atomic E-state index is 0.0229. The summed E-state index contributed by atoms with van der Waals surface area (Å²) in [5, 5.41) is 23.0. The van der Waals surface area contributed by atoms with E-state index in [9.17, 15) is 19.8 Å². The fourth-order valence-electron chi connectivity index (χ4n) is 11.1. The van der Waals surface area contributed by atoms with Gasteiger partial charge in [0.25, 0.3) is 0 Å². The standard InChI is InChI=1S/C71H137NO5/c1-3-5-7-9-11-13-15-16-17-18-36-39-42-45-49-53-57-61-65-71(76)77-66-62-58-54-50-46-43-40-37-34-32-30-28-26-24-22-20-19-21-23-25-27-29-31-33-35-38-41-44-48-52-56-60-64-70(75)72-68(67-73)69(74)63-59-55-51-47-14-12-10-8-6-4-2/h22,24,59,63,68-69,73-74H,3-21,23,25-58,60-62,64-67H2,1-2H3,(H,72,75)/b24-22-,63-59+. The molecule has 0 bridgehead atoms. The van der Waals surface area contributed by atoms with Crippen LogP contribution in [-0.2, 0) is 14.3 Å². The van der Waals surface area contributed by atoms with Crippen molar-refractivity contribution in [2.45, 2.75) is 405 Å². The van der Waals surface area contributed by atoms with Gasteiger partial charge in [-0.2, -0.15) is 0 Å². The molecule has 0 rings (SSSR count). The Morgan fingerprint density at radius 2 is 0.610 bits per heavy atom. The number of allylic oxidation sites excluding steroid dienone is 3. The molecule has 0 aliphatic heterocycles. The van der Waals surface area contributed by atoms with Crippen molar-refractivity contribution < 1.29 is 24.5 Å². The van der Waals surface area contributed by atoms with Crippen molar-refractivity contribution in [1.29, 1.82) is 0 Å². The Morgan fingerprint density at radius 3 is 0.922 bits per heavy atom. The van der Waals surface area contributed by atoms with Crippen LogP contribution in [0.5, 0.6) is 0 Å². The number of esters is 1. The topological polar surface area (TPSA) is 95.9 Å². The van der Waals surface area contributed by atoms with Crippen LogP contribution in [0.4, 0.5) is 0 Å². The quantitative estimate of drug-likeness (QED) is 0.0320. The van der Waals surface area contributed by atoms with Gasteiger partial charge in [0.15, 0.2) is 0 Å². The number of ether oxygens (including phenoxy) is 1. The van der Waals surface area contributed by atoms with Crippen molar-refractivity contribution in [2.75, 3.05) is 13.2 Å². The predicted octanol–water partition coefficient (Wildman–Crippen LogP) is 22.5. The number of unbranched alkanes of at least 4 members (excludes halogenated alkanes) is 53. The van der Waals surface area contributed by atoms with E-state index in [4.69, 9.17) is 4.74 Å². The van der Waals surface area contributed by atoms with Crippen LogP contribution in [0.1, 0.15) is 393 Å². The monoisotopic (exact) mass is 1080 g/mol. The van der Waals surface area contributed by atoms with Gasteiger partial charge < -0.3 is 20.3 Å². The van der Waals surface area contributed by atoms with Crippen molar-refractivity contribution in [1.82, 2.24) is 5.32 Å². The van der Waals surface area contributed by atoms with Gasteiger partial charge in [0.1, 0.15) is 0 Å². The van der Waals surface area contributed by atoms with Crippen molar-refractivity contribution in [2.24, 2.45) is 0 Å². The smallest absolute Gasteiger partial charge is 0.305 e. The molecule has 0 fully saturated rings. The number of aliphatic hydroxyl groups is 2. The summed E-state index contributed by atoms with van der Waals surface area (Å²) >= 11 is 0. The van der Waals surface area contributed by atoms with Crippen LogP contribution in [0.3, 0.4) is 0 Å². The minimum atomic E-state index is -0.840. The van der Waals surface area contributed by atoms with Gasteiger partial charge in [0.05, 0.1) is 25.4 Å². The van der Waals surface area contributed by atoms with Gasteiger partial charge >= 0.3 is 5.97 Å². The SMILES string of the molecule is CCCCCCCCCC/C=C/C(O)C(CO)NC(=O)CCCCCCCCCCCCCCCCCC/C=C\CCCCCCCCCCCCCCOC(=O)CCCCCCCCCCCCCCCCCCCC. The van der Waals surface area contributed by atoms with Crippen molar-refractivity contribution >= 4 is 11.9 Å². The third-order valence-electron chi connectivity index (χ3n) is 16.5. The zero-order valence-electron chi connectivity index (χ0n) is 52.2. The molecule has 77 heavy (non-hydrogen) atoms. The van der Waals surface area contributed by atoms with E-state index in [-0.39, 0.29) is 18.5 Å². The van der Waals surface area contributed by atoms with Gasteiger partial charge in [-0.25, -0.2) is 0 Å². The molecule has 0 radical (unpaired) electrons. The molecule has 1 amide bonds. The minimum Gasteiger partial charge on any atom is -0.466 e. The lowest BCUT2D eigenvalue weighted by Gasteiger charge is -2.20. The fourth-order valence-corrected chi connectivity index (χ4v) is 11.1. The fraction of sp³-hybridized carbons (Fsp3) is 0.915. The van der Waals surface area contributed by atoms with E-state index in [2.05, 4.69) is 31.3 Å². The first-order valence-electron chi connectivity index (χ1n) is 35.1. The summed E-state index contributed by atoms with van der Waals surface area (Å²) in [6, 6.07) is -0.624. The van der Waals surface area contributed by atoms with Crippen LogP contribution >= 0.6 is 0 Å². The first-order valence-corrected chi connectivity index (χ1v) is 35.1. The van der Waals surface area contributed by atoms with Crippen LogP contribution in [0.15, 0.2) is 24.3 Å². The molecule has 0 heterocycles. The lowest BCUT2D eigenvalue weighted by molar-refractivity contribution is -0.143. The van der Waals surface area contributed by atoms with E-state index < -0.39 is 12.1 Å². The van der Waals surface area contributed by atoms with Crippen molar-refractivity contribution in [3.05, 3.63) is 24.3 Å². The number of carbonyl (C=O) groups is 2. The molecule has 0 aliphatic rings. The maximum absolute atomic E-state index is 12.4. The number of hydrogen-bond donors (Lipinski definition) is 3. The molecule has 2 atom stereocenters. The molecule has 0 saturated heterocycles. The Bertz CT molecular complexity index is 1200. The maximum atomic E-state index is 12.4. The molecular formula is C71H137NO5. The maximum Gasteiger partial charge on any atom is 0.305 e. The van der Waals surface area contributed by atoms with Crippen LogP contribution in [-0.4, -0.2) is 47.4 Å². The summed E-state index contributed by atoms with van der Waals surface area (Å²) in [5.41, 5.74) is 0. The predicted molar refractivity (Wildman–Crippen MR) is 338 cm³/mol. The number of nitrogens with one attached hydrogen (secondary N) is 1. The first kappa shape index (κ1) is 75.3. The van der Waals surface area contributed by atoms with E-state index in [1.807, 2.05) is 6.08 Å². The normalized spacial score (nSPS) is 12.6. The van der Waals surface area contributed by atoms with Crippen LogP contribution < -0.4 is 5.32 Å². The second-order valence-corrected chi connectivity index (χ2v) is 24.2. The van der Waals surface area contributed by atoms with E-state index in [1.165, 1.54) is 327 Å². The highest BCUT2D eigenvalue weighted by Gasteiger charge is 2.18. The van der Waals surface area contributed by atoms with Gasteiger partial charge in [-0.05, 0) is 57.8 Å². The third-order valence-corrected chi connectivity index (χ3v) is 16.5. The molecule has 2 unspecified atom stereocenters. The Labute approximate surface area is 481 Å².